The van der Waals surface area contributed by atoms with Crippen LogP contribution in [0.2, 0.25) is 0 Å². The number of guanidine groups is 1. The molecule has 0 aliphatic carbocycles. The van der Waals surface area contributed by atoms with Gasteiger partial charge in [-0.3, -0.25) is 0 Å². The minimum atomic E-state index is 0. The summed E-state index contributed by atoms with van der Waals surface area (Å²) in [6.07, 6.45) is 6.49. The number of thioether (sulfide) groups is 1. The molecule has 0 saturated carbocycles. The first-order chi connectivity index (χ1) is 12.7. The number of rotatable bonds is 9. The highest BCUT2D eigenvalue weighted by Crippen LogP contribution is 2.33. The zero-order valence-corrected chi connectivity index (χ0v) is 20.2. The Kier molecular flexibility index (Phi) is 11.7. The van der Waals surface area contributed by atoms with Crippen LogP contribution in [0.15, 0.2) is 15.6 Å². The molecule has 0 unspecified atom stereocenters. The van der Waals surface area contributed by atoms with Gasteiger partial charge in [0.05, 0.1) is 5.69 Å². The molecule has 27 heavy (non-hydrogen) atoms. The Morgan fingerprint density at radius 1 is 1.26 bits per heavy atom. The second kappa shape index (κ2) is 12.9. The molecule has 1 fully saturated rings. The standard InChI is InChI=1S/C19H34N4O2S.HI/c1-5-15(6-2)17-12-16(25-23-17)13-21-18(20-7-3)22-14-19(26-4)8-10-24-11-9-19;/h12,15H,5-11,13-14H2,1-4H3,(H2,20,21,22);1H. The Labute approximate surface area is 185 Å². The van der Waals surface area contributed by atoms with Crippen molar-refractivity contribution in [2.45, 2.75) is 63.7 Å². The van der Waals surface area contributed by atoms with Crippen LogP contribution in [0.4, 0.5) is 0 Å². The van der Waals surface area contributed by atoms with Crippen LogP contribution in [0.5, 0.6) is 0 Å². The number of nitrogens with one attached hydrogen (secondary N) is 2. The molecule has 0 amide bonds. The molecule has 1 aromatic rings. The Balaban J connectivity index is 0.00000364. The molecule has 8 heteroatoms. The summed E-state index contributed by atoms with van der Waals surface area (Å²) in [6, 6.07) is 2.05. The van der Waals surface area contributed by atoms with Crippen LogP contribution in [-0.4, -0.2) is 48.4 Å². The van der Waals surface area contributed by atoms with E-state index in [1.165, 1.54) is 0 Å². The maximum absolute atomic E-state index is 5.52. The highest BCUT2D eigenvalue weighted by atomic mass is 127. The maximum atomic E-state index is 5.52. The number of aromatic nitrogens is 1. The SMILES string of the molecule is CCNC(=NCc1cc(C(CC)CC)no1)NCC1(SC)CCOCC1.I. The van der Waals surface area contributed by atoms with Crippen molar-refractivity contribution in [2.24, 2.45) is 4.99 Å². The maximum Gasteiger partial charge on any atom is 0.191 e. The van der Waals surface area contributed by atoms with Gasteiger partial charge in [-0.15, -0.1) is 24.0 Å². The molecule has 1 saturated heterocycles. The van der Waals surface area contributed by atoms with Gasteiger partial charge in [-0.25, -0.2) is 4.99 Å². The second-order valence-corrected chi connectivity index (χ2v) is 8.05. The Hall–Kier alpha value is -0.480. The summed E-state index contributed by atoms with van der Waals surface area (Å²) < 4.78 is 11.2. The minimum absolute atomic E-state index is 0. The normalized spacial score (nSPS) is 16.9. The number of halogens is 1. The predicted octanol–water partition coefficient (Wildman–Crippen LogP) is 4.16. The fourth-order valence-corrected chi connectivity index (χ4v) is 4.03. The van der Waals surface area contributed by atoms with E-state index in [9.17, 15) is 0 Å². The lowest BCUT2D eigenvalue weighted by atomic mass is 9.99. The van der Waals surface area contributed by atoms with Gasteiger partial charge in [0.25, 0.3) is 0 Å². The van der Waals surface area contributed by atoms with Crippen LogP contribution in [0.3, 0.4) is 0 Å². The van der Waals surface area contributed by atoms with E-state index in [0.29, 0.717) is 12.5 Å². The fraction of sp³-hybridized carbons (Fsp3) is 0.789. The highest BCUT2D eigenvalue weighted by Gasteiger charge is 2.31. The van der Waals surface area contributed by atoms with Gasteiger partial charge in [-0.2, -0.15) is 11.8 Å². The number of hydrogen-bond acceptors (Lipinski definition) is 5. The molecule has 1 aliphatic heterocycles. The molecule has 2 N–H and O–H groups in total. The van der Waals surface area contributed by atoms with Gasteiger partial charge in [-0.1, -0.05) is 19.0 Å². The van der Waals surface area contributed by atoms with Crippen LogP contribution in [0.1, 0.15) is 63.8 Å². The molecule has 2 heterocycles. The van der Waals surface area contributed by atoms with E-state index >= 15 is 0 Å². The smallest absolute Gasteiger partial charge is 0.191 e. The highest BCUT2D eigenvalue weighted by molar-refractivity contribution is 14.0. The van der Waals surface area contributed by atoms with E-state index in [1.54, 1.807) is 0 Å². The van der Waals surface area contributed by atoms with Crippen LogP contribution >= 0.6 is 35.7 Å². The van der Waals surface area contributed by atoms with Crippen molar-refractivity contribution in [3.63, 3.8) is 0 Å². The predicted molar refractivity (Wildman–Crippen MR) is 124 cm³/mol. The summed E-state index contributed by atoms with van der Waals surface area (Å²) in [7, 11) is 0. The molecular weight excluding hydrogens is 475 g/mol. The molecule has 1 aliphatic rings. The first-order valence-corrected chi connectivity index (χ1v) is 11.0. The van der Waals surface area contributed by atoms with E-state index < -0.39 is 0 Å². The molecule has 0 atom stereocenters. The Morgan fingerprint density at radius 2 is 1.96 bits per heavy atom. The average Bonchev–Trinajstić information content (AvgIpc) is 3.14. The lowest BCUT2D eigenvalue weighted by molar-refractivity contribution is 0.0783. The fourth-order valence-electron chi connectivity index (χ4n) is 3.24. The summed E-state index contributed by atoms with van der Waals surface area (Å²) >= 11 is 1.93. The Bertz CT molecular complexity index is 558. The van der Waals surface area contributed by atoms with Crippen molar-refractivity contribution in [3.05, 3.63) is 17.5 Å². The van der Waals surface area contributed by atoms with E-state index in [4.69, 9.17) is 9.26 Å². The van der Waals surface area contributed by atoms with Crippen LogP contribution in [0.25, 0.3) is 0 Å². The molecule has 0 spiro atoms. The van der Waals surface area contributed by atoms with Gasteiger partial charge in [-0.05, 0) is 38.9 Å². The molecule has 156 valence electrons. The summed E-state index contributed by atoms with van der Waals surface area (Å²) in [4.78, 5) is 4.68. The van der Waals surface area contributed by atoms with Crippen molar-refractivity contribution in [1.29, 1.82) is 0 Å². The van der Waals surface area contributed by atoms with Crippen molar-refractivity contribution in [1.82, 2.24) is 15.8 Å². The molecular formula is C19H35IN4O2S. The van der Waals surface area contributed by atoms with Crippen molar-refractivity contribution in [2.75, 3.05) is 32.6 Å². The monoisotopic (exact) mass is 510 g/mol. The summed E-state index contributed by atoms with van der Waals surface area (Å²) in [5, 5.41) is 11.1. The van der Waals surface area contributed by atoms with Gasteiger partial charge >= 0.3 is 0 Å². The second-order valence-electron chi connectivity index (χ2n) is 6.78. The van der Waals surface area contributed by atoms with Gasteiger partial charge in [0.2, 0.25) is 0 Å². The molecule has 1 aromatic heterocycles. The van der Waals surface area contributed by atoms with Crippen LogP contribution in [0, 0.1) is 0 Å². The third-order valence-electron chi connectivity index (χ3n) is 5.13. The molecule has 0 bridgehead atoms. The zero-order valence-electron chi connectivity index (χ0n) is 17.0. The topological polar surface area (TPSA) is 71.7 Å². The van der Waals surface area contributed by atoms with Crippen LogP contribution < -0.4 is 10.6 Å². The van der Waals surface area contributed by atoms with Crippen LogP contribution in [-0.2, 0) is 11.3 Å². The third-order valence-corrected chi connectivity index (χ3v) is 6.55. The molecule has 2 rings (SSSR count). The Morgan fingerprint density at radius 3 is 2.56 bits per heavy atom. The third kappa shape index (κ3) is 7.45. The van der Waals surface area contributed by atoms with E-state index in [-0.39, 0.29) is 28.7 Å². The number of aliphatic imine (C=N–C) groups is 1. The van der Waals surface area contributed by atoms with Gasteiger partial charge < -0.3 is 19.9 Å². The molecule has 6 nitrogen and oxygen atoms in total. The van der Waals surface area contributed by atoms with Crippen molar-refractivity contribution < 1.29 is 9.26 Å². The zero-order chi connectivity index (χ0) is 18.8. The quantitative estimate of drug-likeness (QED) is 0.295. The van der Waals surface area contributed by atoms with Gasteiger partial charge in [0.1, 0.15) is 6.54 Å². The molecule has 0 radical (unpaired) electrons. The van der Waals surface area contributed by atoms with Crippen molar-refractivity contribution >= 4 is 41.7 Å². The number of hydrogen-bond donors (Lipinski definition) is 2. The molecule has 0 aromatic carbocycles. The number of ether oxygens (including phenoxy) is 1. The summed E-state index contributed by atoms with van der Waals surface area (Å²) in [5.41, 5.74) is 1.04. The van der Waals surface area contributed by atoms with Gasteiger partial charge in [0, 0.05) is 43.0 Å². The van der Waals surface area contributed by atoms with E-state index in [0.717, 1.165) is 69.4 Å². The first-order valence-electron chi connectivity index (χ1n) is 9.77. The van der Waals surface area contributed by atoms with Crippen molar-refractivity contribution in [3.8, 4) is 0 Å². The lowest BCUT2D eigenvalue weighted by Crippen LogP contribution is -2.47. The number of nitrogens with zero attached hydrogens (tertiary/aromatic N) is 2. The lowest BCUT2D eigenvalue weighted by Gasteiger charge is -2.36. The largest absolute Gasteiger partial charge is 0.381 e. The van der Waals surface area contributed by atoms with E-state index in [1.807, 2.05) is 17.8 Å². The van der Waals surface area contributed by atoms with E-state index in [2.05, 4.69) is 47.8 Å². The average molecular weight is 510 g/mol. The summed E-state index contributed by atoms with van der Waals surface area (Å²) in [5.74, 6) is 2.11. The summed E-state index contributed by atoms with van der Waals surface area (Å²) in [6.45, 7) is 10.3. The minimum Gasteiger partial charge on any atom is -0.381 e. The first kappa shape index (κ1) is 24.6. The van der Waals surface area contributed by atoms with Gasteiger partial charge in [0.15, 0.2) is 11.7 Å².